The summed E-state index contributed by atoms with van der Waals surface area (Å²) in [5, 5.41) is 9.73. The van der Waals surface area contributed by atoms with Gasteiger partial charge in [-0.1, -0.05) is 5.10 Å². The van der Waals surface area contributed by atoms with Crippen molar-refractivity contribution < 1.29 is 30.4 Å². The summed E-state index contributed by atoms with van der Waals surface area (Å²) in [5.41, 5.74) is 0.491. The average Bonchev–Trinajstić information content (AvgIpc) is 3.33. The van der Waals surface area contributed by atoms with Crippen molar-refractivity contribution in [2.75, 3.05) is 18.4 Å². The number of hydrogen-bond donors (Lipinski definition) is 1. The number of anilines is 1. The van der Waals surface area contributed by atoms with Crippen LogP contribution >= 0.6 is 0 Å². The number of halogens is 1. The van der Waals surface area contributed by atoms with Gasteiger partial charge in [-0.2, -0.15) is 4.31 Å². The highest BCUT2D eigenvalue weighted by atomic mass is 32.2. The summed E-state index contributed by atoms with van der Waals surface area (Å²) in [6.45, 7) is 3.48. The molecule has 0 spiro atoms. The van der Waals surface area contributed by atoms with Crippen molar-refractivity contribution in [3.8, 4) is 11.5 Å². The molecule has 3 aromatic rings. The van der Waals surface area contributed by atoms with Crippen molar-refractivity contribution >= 4 is 31.8 Å². The van der Waals surface area contributed by atoms with Crippen LogP contribution in [0.3, 0.4) is 0 Å². The molecule has 13 heteroatoms. The quantitative estimate of drug-likeness (QED) is 0.486. The minimum absolute atomic E-state index is 0.0000266. The second-order valence-electron chi connectivity index (χ2n) is 8.65. The Morgan fingerprint density at radius 2 is 1.56 bits per heavy atom. The summed E-state index contributed by atoms with van der Waals surface area (Å²) in [5.74, 6) is -1.24. The molecule has 0 unspecified atom stereocenters. The number of nitrogens with zero attached hydrogens (tertiary/aromatic N) is 3. The highest BCUT2D eigenvalue weighted by molar-refractivity contribution is 7.92. The molecule has 0 aliphatic carbocycles. The first-order chi connectivity index (χ1) is 17.0. The SMILES string of the molecule is CC(C)S(=O)(=O)c1ccc(-c2nnc(NC(=O)C3CCN(S(=O)(=O)c4ccc(F)cc4)CC3)o2)cc1. The van der Waals surface area contributed by atoms with Crippen LogP contribution in [0.1, 0.15) is 26.7 Å². The van der Waals surface area contributed by atoms with E-state index in [9.17, 15) is 26.0 Å². The molecule has 0 atom stereocenters. The fourth-order valence-electron chi connectivity index (χ4n) is 3.77. The number of sulfonamides is 1. The lowest BCUT2D eigenvalue weighted by molar-refractivity contribution is -0.121. The minimum Gasteiger partial charge on any atom is -0.403 e. The third-order valence-electron chi connectivity index (χ3n) is 5.98. The maximum absolute atomic E-state index is 13.1. The van der Waals surface area contributed by atoms with Crippen molar-refractivity contribution in [1.82, 2.24) is 14.5 Å². The van der Waals surface area contributed by atoms with Gasteiger partial charge in [0.05, 0.1) is 15.0 Å². The van der Waals surface area contributed by atoms with Crippen LogP contribution in [0.25, 0.3) is 11.5 Å². The maximum atomic E-state index is 13.1. The summed E-state index contributed by atoms with van der Waals surface area (Å²) in [6, 6.07) is 10.5. The predicted molar refractivity (Wildman–Crippen MR) is 129 cm³/mol. The number of carbonyl (C=O) groups excluding carboxylic acids is 1. The van der Waals surface area contributed by atoms with Crippen LogP contribution in [-0.2, 0) is 24.7 Å². The highest BCUT2D eigenvalue weighted by Gasteiger charge is 2.32. The fourth-order valence-corrected chi connectivity index (χ4v) is 6.30. The Morgan fingerprint density at radius 3 is 2.14 bits per heavy atom. The van der Waals surface area contributed by atoms with Gasteiger partial charge >= 0.3 is 6.01 Å². The maximum Gasteiger partial charge on any atom is 0.322 e. The zero-order valence-corrected chi connectivity index (χ0v) is 21.2. The summed E-state index contributed by atoms with van der Waals surface area (Å²) >= 11 is 0. The van der Waals surface area contributed by atoms with Crippen LogP contribution < -0.4 is 5.32 Å². The van der Waals surface area contributed by atoms with Gasteiger partial charge in [0.1, 0.15) is 5.82 Å². The predicted octanol–water partition coefficient (Wildman–Crippen LogP) is 3.10. The third-order valence-corrected chi connectivity index (χ3v) is 10.1. The van der Waals surface area contributed by atoms with Gasteiger partial charge in [-0.15, -0.1) is 5.10 Å². The van der Waals surface area contributed by atoms with Gasteiger partial charge in [0.25, 0.3) is 0 Å². The fraction of sp³-hybridized carbons (Fsp3) is 0.348. The topological polar surface area (TPSA) is 140 Å². The Hall–Kier alpha value is -3.16. The zero-order valence-electron chi connectivity index (χ0n) is 19.6. The molecule has 10 nitrogen and oxygen atoms in total. The van der Waals surface area contributed by atoms with Gasteiger partial charge in [-0.25, -0.2) is 21.2 Å². The molecule has 1 amide bonds. The van der Waals surface area contributed by atoms with Crippen molar-refractivity contribution in [1.29, 1.82) is 0 Å². The number of nitrogens with one attached hydrogen (secondary N) is 1. The summed E-state index contributed by atoms with van der Waals surface area (Å²) in [4.78, 5) is 12.9. The molecule has 1 fully saturated rings. The van der Waals surface area contributed by atoms with E-state index in [0.717, 1.165) is 12.1 Å². The Kier molecular flexibility index (Phi) is 7.25. The molecular formula is C23H25FN4O6S2. The van der Waals surface area contributed by atoms with Crippen LogP contribution in [0, 0.1) is 11.7 Å². The van der Waals surface area contributed by atoms with E-state index in [1.165, 1.54) is 28.6 Å². The number of piperidine rings is 1. The van der Waals surface area contributed by atoms with Crippen LogP contribution in [0.2, 0.25) is 0 Å². The first kappa shape index (κ1) is 25.9. The third kappa shape index (κ3) is 5.32. The number of carbonyl (C=O) groups is 1. The van der Waals surface area contributed by atoms with Gasteiger partial charge in [0.15, 0.2) is 9.84 Å². The van der Waals surface area contributed by atoms with Crippen LogP contribution in [0.15, 0.2) is 62.7 Å². The lowest BCUT2D eigenvalue weighted by Gasteiger charge is -2.30. The highest BCUT2D eigenvalue weighted by Crippen LogP contribution is 2.26. The molecule has 4 rings (SSSR count). The van der Waals surface area contributed by atoms with Gasteiger partial charge < -0.3 is 4.42 Å². The average molecular weight is 537 g/mol. The van der Waals surface area contributed by atoms with Crippen LogP contribution in [0.5, 0.6) is 0 Å². The van der Waals surface area contributed by atoms with E-state index >= 15 is 0 Å². The van der Waals surface area contributed by atoms with E-state index in [0.29, 0.717) is 18.4 Å². The van der Waals surface area contributed by atoms with Crippen LogP contribution in [-0.4, -0.2) is 55.6 Å². The number of hydrogen-bond acceptors (Lipinski definition) is 8. The summed E-state index contributed by atoms with van der Waals surface area (Å²) in [6.07, 6.45) is 0.581. The van der Waals surface area contributed by atoms with Gasteiger partial charge in [0, 0.05) is 24.6 Å². The van der Waals surface area contributed by atoms with Crippen molar-refractivity contribution in [2.45, 2.75) is 41.7 Å². The number of rotatable bonds is 7. The van der Waals surface area contributed by atoms with E-state index in [4.69, 9.17) is 4.42 Å². The van der Waals surface area contributed by atoms with Gasteiger partial charge in [0.2, 0.25) is 21.8 Å². The Labute approximate surface area is 208 Å². The lowest BCUT2D eigenvalue weighted by atomic mass is 9.97. The largest absolute Gasteiger partial charge is 0.403 e. The molecule has 192 valence electrons. The zero-order chi connectivity index (χ0) is 26.1. The first-order valence-corrected chi connectivity index (χ1v) is 14.2. The smallest absolute Gasteiger partial charge is 0.322 e. The van der Waals surface area contributed by atoms with Gasteiger partial charge in [-0.05, 0) is 75.2 Å². The van der Waals surface area contributed by atoms with E-state index in [1.54, 1.807) is 26.0 Å². The second-order valence-corrected chi connectivity index (χ2v) is 13.1. The molecule has 0 saturated carbocycles. The lowest BCUT2D eigenvalue weighted by Crippen LogP contribution is -2.41. The number of amides is 1. The molecule has 1 saturated heterocycles. The molecule has 1 N–H and O–H groups in total. The molecule has 2 heterocycles. The van der Waals surface area contributed by atoms with Crippen LogP contribution in [0.4, 0.5) is 10.4 Å². The van der Waals surface area contributed by atoms with E-state index in [1.807, 2.05) is 0 Å². The van der Waals surface area contributed by atoms with Crippen molar-refractivity contribution in [3.05, 3.63) is 54.3 Å². The molecule has 1 aliphatic rings. The number of benzene rings is 2. The van der Waals surface area contributed by atoms with E-state index < -0.39 is 36.8 Å². The number of aromatic nitrogens is 2. The normalized spacial score (nSPS) is 15.8. The molecule has 36 heavy (non-hydrogen) atoms. The van der Waals surface area contributed by atoms with Crippen molar-refractivity contribution in [3.63, 3.8) is 0 Å². The molecule has 1 aliphatic heterocycles. The number of sulfone groups is 1. The molecule has 2 aromatic carbocycles. The standard InChI is InChI=1S/C23H25FN4O6S2/c1-15(2)35(30,31)19-7-3-17(4-8-19)22-26-27-23(34-22)25-21(29)16-11-13-28(14-12-16)36(32,33)20-9-5-18(24)6-10-20/h3-10,15-16H,11-14H2,1-2H3,(H,25,27,29). The first-order valence-electron chi connectivity index (χ1n) is 11.2. The van der Waals surface area contributed by atoms with E-state index in [2.05, 4.69) is 15.5 Å². The summed E-state index contributed by atoms with van der Waals surface area (Å²) < 4.78 is 69.9. The molecular weight excluding hydrogens is 511 g/mol. The molecule has 0 radical (unpaired) electrons. The monoisotopic (exact) mass is 536 g/mol. The molecule has 1 aromatic heterocycles. The summed E-state index contributed by atoms with van der Waals surface area (Å²) in [7, 11) is -7.18. The van der Waals surface area contributed by atoms with Crippen molar-refractivity contribution in [2.24, 2.45) is 5.92 Å². The van der Waals surface area contributed by atoms with Gasteiger partial charge in [-0.3, -0.25) is 10.1 Å². The Morgan fingerprint density at radius 1 is 0.972 bits per heavy atom. The Balaban J connectivity index is 1.36. The minimum atomic E-state index is -3.77. The second kappa shape index (κ2) is 10.1. The van der Waals surface area contributed by atoms with E-state index in [-0.39, 0.29) is 40.7 Å². The Bertz CT molecular complexity index is 1440. The molecule has 0 bridgehead atoms.